The van der Waals surface area contributed by atoms with Gasteiger partial charge in [0, 0.05) is 24.2 Å². The maximum atomic E-state index is 14.3. The Morgan fingerprint density at radius 1 is 1.17 bits per heavy atom. The Bertz CT molecular complexity index is 983. The van der Waals surface area contributed by atoms with Crippen molar-refractivity contribution in [3.05, 3.63) is 64.9 Å². The summed E-state index contributed by atoms with van der Waals surface area (Å²) in [6.45, 7) is 2.07. The van der Waals surface area contributed by atoms with E-state index in [1.54, 1.807) is 29.2 Å². The fraction of sp³-hybridized carbons (Fsp3) is 0.381. The lowest BCUT2D eigenvalue weighted by atomic mass is 10.0. The molecule has 1 saturated heterocycles. The van der Waals surface area contributed by atoms with E-state index in [0.717, 1.165) is 29.6 Å². The third kappa shape index (κ3) is 4.97. The molecule has 156 valence electrons. The van der Waals surface area contributed by atoms with Crippen molar-refractivity contribution >= 4 is 27.5 Å². The topological polar surface area (TPSA) is 57.7 Å². The van der Waals surface area contributed by atoms with Crippen LogP contribution in [0.15, 0.2) is 53.4 Å². The van der Waals surface area contributed by atoms with Crippen molar-refractivity contribution < 1.29 is 17.6 Å². The average molecular weight is 439 g/mol. The highest BCUT2D eigenvalue weighted by atomic mass is 35.5. The predicted octanol–water partition coefficient (Wildman–Crippen LogP) is 4.07. The fourth-order valence-electron chi connectivity index (χ4n) is 3.55. The molecule has 5 nitrogen and oxygen atoms in total. The molecule has 1 atom stereocenters. The first-order valence-corrected chi connectivity index (χ1v) is 11.4. The first kappa shape index (κ1) is 21.7. The van der Waals surface area contributed by atoms with E-state index < -0.39 is 20.7 Å². The van der Waals surface area contributed by atoms with Crippen molar-refractivity contribution in [2.45, 2.75) is 43.7 Å². The number of piperidine rings is 1. The molecule has 1 aliphatic heterocycles. The van der Waals surface area contributed by atoms with Gasteiger partial charge in [-0.25, -0.2) is 12.8 Å². The van der Waals surface area contributed by atoms with Crippen molar-refractivity contribution in [3.8, 4) is 0 Å². The summed E-state index contributed by atoms with van der Waals surface area (Å²) >= 11 is 6.21. The summed E-state index contributed by atoms with van der Waals surface area (Å²) in [5.41, 5.74) is 0.550. The average Bonchev–Trinajstić information content (AvgIpc) is 2.69. The number of rotatable bonds is 6. The van der Waals surface area contributed by atoms with Gasteiger partial charge in [0.05, 0.1) is 6.54 Å². The molecule has 1 amide bonds. The Balaban J connectivity index is 1.94. The highest BCUT2D eigenvalue weighted by Crippen LogP contribution is 2.25. The number of benzene rings is 2. The molecular formula is C21H24ClFN2O3S. The highest BCUT2D eigenvalue weighted by molar-refractivity contribution is 7.89. The quantitative estimate of drug-likeness (QED) is 0.683. The van der Waals surface area contributed by atoms with Crippen LogP contribution in [0.1, 0.15) is 31.7 Å². The van der Waals surface area contributed by atoms with Crippen LogP contribution >= 0.6 is 11.6 Å². The SMILES string of the molecule is C[C@H]1CCCCN1C(=O)CN(Cc1ccccc1Cl)S(=O)(=O)c1ccccc1F. The van der Waals surface area contributed by atoms with Crippen LogP contribution in [0.25, 0.3) is 0 Å². The summed E-state index contributed by atoms with van der Waals surface area (Å²) in [7, 11) is -4.25. The van der Waals surface area contributed by atoms with Crippen LogP contribution in [0.5, 0.6) is 0 Å². The van der Waals surface area contributed by atoms with Crippen molar-refractivity contribution in [2.24, 2.45) is 0 Å². The van der Waals surface area contributed by atoms with E-state index in [4.69, 9.17) is 11.6 Å². The smallest absolute Gasteiger partial charge is 0.246 e. The van der Waals surface area contributed by atoms with Gasteiger partial charge in [-0.15, -0.1) is 0 Å². The fourth-order valence-corrected chi connectivity index (χ4v) is 5.17. The van der Waals surface area contributed by atoms with Crippen molar-refractivity contribution in [2.75, 3.05) is 13.1 Å². The van der Waals surface area contributed by atoms with Gasteiger partial charge in [0.2, 0.25) is 15.9 Å². The van der Waals surface area contributed by atoms with Gasteiger partial charge in [-0.2, -0.15) is 4.31 Å². The Morgan fingerprint density at radius 2 is 1.86 bits per heavy atom. The Morgan fingerprint density at radius 3 is 2.55 bits per heavy atom. The maximum absolute atomic E-state index is 14.3. The summed E-state index contributed by atoms with van der Waals surface area (Å²) in [5.74, 6) is -1.14. The lowest BCUT2D eigenvalue weighted by Gasteiger charge is -2.35. The molecule has 2 aromatic rings. The number of nitrogens with zero attached hydrogens (tertiary/aromatic N) is 2. The summed E-state index contributed by atoms with van der Waals surface area (Å²) < 4.78 is 41.8. The monoisotopic (exact) mass is 438 g/mol. The van der Waals surface area contributed by atoms with Crippen LogP contribution < -0.4 is 0 Å². The van der Waals surface area contributed by atoms with Crippen molar-refractivity contribution in [1.82, 2.24) is 9.21 Å². The molecule has 1 fully saturated rings. The molecule has 0 N–H and O–H groups in total. The van der Waals surface area contributed by atoms with Crippen LogP contribution in [0.2, 0.25) is 5.02 Å². The molecular weight excluding hydrogens is 415 g/mol. The van der Waals surface area contributed by atoms with E-state index in [1.807, 2.05) is 6.92 Å². The van der Waals surface area contributed by atoms with Crippen LogP contribution in [-0.4, -0.2) is 42.7 Å². The number of likely N-dealkylation sites (tertiary alicyclic amines) is 1. The summed E-state index contributed by atoms with van der Waals surface area (Å²) in [4.78, 5) is 14.2. The van der Waals surface area contributed by atoms with Gasteiger partial charge in [0.15, 0.2) is 0 Å². The van der Waals surface area contributed by atoms with E-state index in [2.05, 4.69) is 0 Å². The molecule has 0 aliphatic carbocycles. The van der Waals surface area contributed by atoms with Crippen LogP contribution in [0, 0.1) is 5.82 Å². The number of hydrogen-bond acceptors (Lipinski definition) is 3. The normalized spacial score (nSPS) is 17.5. The zero-order valence-corrected chi connectivity index (χ0v) is 17.8. The second kappa shape index (κ2) is 9.24. The van der Waals surface area contributed by atoms with Crippen molar-refractivity contribution in [1.29, 1.82) is 0 Å². The van der Waals surface area contributed by atoms with Gasteiger partial charge in [0.25, 0.3) is 0 Å². The minimum atomic E-state index is -4.25. The van der Waals surface area contributed by atoms with Gasteiger partial charge in [-0.1, -0.05) is 41.9 Å². The number of sulfonamides is 1. The highest BCUT2D eigenvalue weighted by Gasteiger charge is 2.32. The van der Waals surface area contributed by atoms with E-state index in [9.17, 15) is 17.6 Å². The molecule has 0 aromatic heterocycles. The Labute approximate surface area is 176 Å². The molecule has 1 aliphatic rings. The Hall–Kier alpha value is -1.96. The second-order valence-corrected chi connectivity index (χ2v) is 9.54. The molecule has 0 radical (unpaired) electrons. The number of amides is 1. The van der Waals surface area contributed by atoms with E-state index in [-0.39, 0.29) is 25.0 Å². The first-order valence-electron chi connectivity index (χ1n) is 9.58. The van der Waals surface area contributed by atoms with Crippen LogP contribution in [0.4, 0.5) is 4.39 Å². The summed E-state index contributed by atoms with van der Waals surface area (Å²) in [6.07, 6.45) is 2.82. The van der Waals surface area contributed by atoms with Gasteiger partial charge in [-0.3, -0.25) is 4.79 Å². The Kier molecular flexibility index (Phi) is 6.93. The van der Waals surface area contributed by atoms with E-state index >= 15 is 0 Å². The predicted molar refractivity (Wildman–Crippen MR) is 110 cm³/mol. The second-order valence-electron chi connectivity index (χ2n) is 7.23. The van der Waals surface area contributed by atoms with Gasteiger partial charge in [0.1, 0.15) is 10.7 Å². The van der Waals surface area contributed by atoms with Crippen LogP contribution in [0.3, 0.4) is 0 Å². The third-order valence-corrected chi connectivity index (χ3v) is 7.39. The number of carbonyl (C=O) groups excluding carboxylic acids is 1. The third-order valence-electron chi connectivity index (χ3n) is 5.19. The number of carbonyl (C=O) groups is 1. The summed E-state index contributed by atoms with van der Waals surface area (Å²) in [6, 6.07) is 12.1. The first-order chi connectivity index (χ1) is 13.8. The molecule has 29 heavy (non-hydrogen) atoms. The largest absolute Gasteiger partial charge is 0.339 e. The molecule has 3 rings (SSSR count). The standard InChI is InChI=1S/C21H24ClFN2O3S/c1-16-8-6-7-13-25(16)21(26)15-24(14-17-9-2-3-10-18(17)22)29(27,28)20-12-5-4-11-19(20)23/h2-5,9-12,16H,6-8,13-15H2,1H3/t16-/m0/s1. The minimum absolute atomic E-state index is 0.0505. The zero-order chi connectivity index (χ0) is 21.0. The van der Waals surface area contributed by atoms with Gasteiger partial charge >= 0.3 is 0 Å². The molecule has 0 saturated carbocycles. The number of halogens is 2. The zero-order valence-electron chi connectivity index (χ0n) is 16.2. The van der Waals surface area contributed by atoms with Crippen molar-refractivity contribution in [3.63, 3.8) is 0 Å². The molecule has 2 aromatic carbocycles. The van der Waals surface area contributed by atoms with Crippen LogP contribution in [-0.2, 0) is 21.4 Å². The minimum Gasteiger partial charge on any atom is -0.339 e. The lowest BCUT2D eigenvalue weighted by molar-refractivity contribution is -0.134. The molecule has 0 unspecified atom stereocenters. The lowest BCUT2D eigenvalue weighted by Crippen LogP contribution is -2.48. The molecule has 8 heteroatoms. The van der Waals surface area contributed by atoms with E-state index in [0.29, 0.717) is 17.1 Å². The molecule has 0 bridgehead atoms. The summed E-state index contributed by atoms with van der Waals surface area (Å²) in [5, 5.41) is 0.389. The van der Waals surface area contributed by atoms with Gasteiger partial charge < -0.3 is 4.90 Å². The maximum Gasteiger partial charge on any atom is 0.246 e. The van der Waals surface area contributed by atoms with E-state index in [1.165, 1.54) is 18.2 Å². The molecule has 1 heterocycles. The number of hydrogen-bond donors (Lipinski definition) is 0. The molecule has 0 spiro atoms. The van der Waals surface area contributed by atoms with Gasteiger partial charge in [-0.05, 0) is 49.9 Å².